The van der Waals surface area contributed by atoms with Gasteiger partial charge < -0.3 is 15.8 Å². The summed E-state index contributed by atoms with van der Waals surface area (Å²) in [7, 11) is 0. The van der Waals surface area contributed by atoms with Crippen LogP contribution in [0.2, 0.25) is 0 Å². The molecule has 4 heteroatoms. The number of benzene rings is 1. The summed E-state index contributed by atoms with van der Waals surface area (Å²) in [6.07, 6.45) is 2.14. The summed E-state index contributed by atoms with van der Waals surface area (Å²) < 4.78 is 5.46. The van der Waals surface area contributed by atoms with E-state index in [2.05, 4.69) is 5.32 Å². The molecule has 0 unspecified atom stereocenters. The van der Waals surface area contributed by atoms with Crippen molar-refractivity contribution in [2.24, 2.45) is 5.73 Å². The molecule has 0 saturated heterocycles. The number of carbonyl (C=O) groups is 1. The predicted molar refractivity (Wildman–Crippen MR) is 70.2 cm³/mol. The van der Waals surface area contributed by atoms with Crippen molar-refractivity contribution in [1.82, 2.24) is 5.32 Å². The van der Waals surface area contributed by atoms with E-state index in [1.54, 1.807) is 0 Å². The summed E-state index contributed by atoms with van der Waals surface area (Å²) in [6, 6.07) is 7.68. The zero-order chi connectivity index (χ0) is 13.0. The Kier molecular flexibility index (Phi) is 4.33. The Balaban J connectivity index is 1.85. The van der Waals surface area contributed by atoms with Gasteiger partial charge in [0, 0.05) is 24.8 Å². The number of nitrogens with two attached hydrogens (primary N) is 1. The monoisotopic (exact) mass is 248 g/mol. The Labute approximate surface area is 108 Å². The number of hydrogen-bond donors (Lipinski definition) is 2. The number of carbonyl (C=O) groups excluding carboxylic acids is 1. The second-order valence-electron chi connectivity index (χ2n) is 4.62. The van der Waals surface area contributed by atoms with E-state index in [9.17, 15) is 4.79 Å². The lowest BCUT2D eigenvalue weighted by Gasteiger charge is -2.35. The zero-order valence-electron chi connectivity index (χ0n) is 10.7. The Hall–Kier alpha value is -1.39. The van der Waals surface area contributed by atoms with Crippen LogP contribution in [0, 0.1) is 0 Å². The molecular formula is C14H20N2O2. The van der Waals surface area contributed by atoms with Gasteiger partial charge in [-0.3, -0.25) is 4.79 Å². The molecule has 0 spiro atoms. The lowest BCUT2D eigenvalue weighted by atomic mass is 9.89. The molecule has 1 aliphatic carbocycles. The molecule has 2 rings (SSSR count). The molecule has 1 aliphatic rings. The third-order valence-electron chi connectivity index (χ3n) is 3.26. The number of hydrogen-bond acceptors (Lipinski definition) is 3. The van der Waals surface area contributed by atoms with E-state index in [0.717, 1.165) is 25.0 Å². The van der Waals surface area contributed by atoms with Gasteiger partial charge in [0.05, 0.1) is 6.10 Å². The van der Waals surface area contributed by atoms with E-state index in [-0.39, 0.29) is 11.9 Å². The molecule has 0 radical (unpaired) electrons. The fraction of sp³-hybridized carbons (Fsp3) is 0.500. The van der Waals surface area contributed by atoms with Crippen molar-refractivity contribution in [2.75, 3.05) is 6.61 Å². The maximum atomic E-state index is 12.0. The third kappa shape index (κ3) is 3.09. The predicted octanol–water partition coefficient (Wildman–Crippen LogP) is 1.44. The molecule has 98 valence electrons. The highest BCUT2D eigenvalue weighted by Gasteiger charge is 2.30. The van der Waals surface area contributed by atoms with Crippen LogP contribution in [0.5, 0.6) is 0 Å². The van der Waals surface area contributed by atoms with Crippen LogP contribution in [-0.4, -0.2) is 24.7 Å². The molecule has 0 atom stereocenters. The van der Waals surface area contributed by atoms with Crippen LogP contribution in [0.25, 0.3) is 0 Å². The lowest BCUT2D eigenvalue weighted by Crippen LogP contribution is -2.47. The highest BCUT2D eigenvalue weighted by Crippen LogP contribution is 2.23. The molecule has 18 heavy (non-hydrogen) atoms. The van der Waals surface area contributed by atoms with Crippen LogP contribution in [0.3, 0.4) is 0 Å². The largest absolute Gasteiger partial charge is 0.378 e. The second kappa shape index (κ2) is 5.98. The van der Waals surface area contributed by atoms with E-state index in [0.29, 0.717) is 18.2 Å². The molecule has 3 N–H and O–H groups in total. The van der Waals surface area contributed by atoms with Crippen LogP contribution < -0.4 is 11.1 Å². The summed E-state index contributed by atoms with van der Waals surface area (Å²) in [4.78, 5) is 12.0. The first-order valence-corrected chi connectivity index (χ1v) is 6.44. The van der Waals surface area contributed by atoms with Crippen molar-refractivity contribution in [2.45, 2.75) is 38.5 Å². The fourth-order valence-corrected chi connectivity index (χ4v) is 2.16. The molecule has 0 aliphatic heterocycles. The van der Waals surface area contributed by atoms with Crippen LogP contribution in [0.4, 0.5) is 0 Å². The van der Waals surface area contributed by atoms with E-state index in [1.165, 1.54) is 0 Å². The summed E-state index contributed by atoms with van der Waals surface area (Å²) >= 11 is 0. The minimum Gasteiger partial charge on any atom is -0.378 e. The van der Waals surface area contributed by atoms with Gasteiger partial charge in [0.25, 0.3) is 5.91 Å². The summed E-state index contributed by atoms with van der Waals surface area (Å²) in [5.74, 6) is -0.0229. The molecule has 0 bridgehead atoms. The van der Waals surface area contributed by atoms with Crippen molar-refractivity contribution in [3.8, 4) is 0 Å². The van der Waals surface area contributed by atoms with Crippen molar-refractivity contribution in [3.05, 3.63) is 35.4 Å². The highest BCUT2D eigenvalue weighted by molar-refractivity contribution is 5.94. The Bertz CT molecular complexity index is 414. The summed E-state index contributed by atoms with van der Waals surface area (Å²) in [5, 5.41) is 3.01. The summed E-state index contributed by atoms with van der Waals surface area (Å²) in [5.41, 5.74) is 7.21. The molecule has 1 aromatic carbocycles. The first-order chi connectivity index (χ1) is 8.72. The normalized spacial score (nSPS) is 22.3. The SMILES string of the molecule is CCOC1CC(NC(=O)c2cccc(CN)c2)C1. The first-order valence-electron chi connectivity index (χ1n) is 6.44. The molecule has 1 amide bonds. The second-order valence-corrected chi connectivity index (χ2v) is 4.62. The Morgan fingerprint density at radius 1 is 1.50 bits per heavy atom. The number of amides is 1. The van der Waals surface area contributed by atoms with Crippen LogP contribution in [0.15, 0.2) is 24.3 Å². The van der Waals surface area contributed by atoms with Gasteiger partial charge in [0.15, 0.2) is 0 Å². The van der Waals surface area contributed by atoms with Crippen LogP contribution >= 0.6 is 0 Å². The maximum Gasteiger partial charge on any atom is 0.251 e. The van der Waals surface area contributed by atoms with Gasteiger partial charge in [-0.25, -0.2) is 0 Å². The first kappa shape index (κ1) is 13.1. The van der Waals surface area contributed by atoms with E-state index in [4.69, 9.17) is 10.5 Å². The van der Waals surface area contributed by atoms with Gasteiger partial charge in [0.2, 0.25) is 0 Å². The lowest BCUT2D eigenvalue weighted by molar-refractivity contribution is -0.00862. The molecular weight excluding hydrogens is 228 g/mol. The molecule has 0 aromatic heterocycles. The van der Waals surface area contributed by atoms with Gasteiger partial charge in [0.1, 0.15) is 0 Å². The Morgan fingerprint density at radius 3 is 2.94 bits per heavy atom. The number of nitrogens with one attached hydrogen (secondary N) is 1. The van der Waals surface area contributed by atoms with E-state index < -0.39 is 0 Å². The van der Waals surface area contributed by atoms with Crippen molar-refractivity contribution >= 4 is 5.91 Å². The standard InChI is InChI=1S/C14H20N2O2/c1-2-18-13-7-12(8-13)16-14(17)11-5-3-4-10(6-11)9-15/h3-6,12-13H,2,7-9,15H2,1H3,(H,16,17). The number of ether oxygens (including phenoxy) is 1. The fourth-order valence-electron chi connectivity index (χ4n) is 2.16. The summed E-state index contributed by atoms with van der Waals surface area (Å²) in [6.45, 7) is 3.19. The van der Waals surface area contributed by atoms with Gasteiger partial charge in [-0.1, -0.05) is 12.1 Å². The smallest absolute Gasteiger partial charge is 0.251 e. The van der Waals surface area contributed by atoms with Crippen LogP contribution in [0.1, 0.15) is 35.7 Å². The quantitative estimate of drug-likeness (QED) is 0.828. The van der Waals surface area contributed by atoms with Gasteiger partial charge in [-0.15, -0.1) is 0 Å². The third-order valence-corrected chi connectivity index (χ3v) is 3.26. The molecule has 0 heterocycles. The van der Waals surface area contributed by atoms with Crippen molar-refractivity contribution in [3.63, 3.8) is 0 Å². The van der Waals surface area contributed by atoms with Crippen molar-refractivity contribution < 1.29 is 9.53 Å². The Morgan fingerprint density at radius 2 is 2.28 bits per heavy atom. The van der Waals surface area contributed by atoms with Crippen LogP contribution in [-0.2, 0) is 11.3 Å². The molecule has 1 fully saturated rings. The van der Waals surface area contributed by atoms with E-state index >= 15 is 0 Å². The van der Waals surface area contributed by atoms with E-state index in [1.807, 2.05) is 31.2 Å². The highest BCUT2D eigenvalue weighted by atomic mass is 16.5. The van der Waals surface area contributed by atoms with Gasteiger partial charge >= 0.3 is 0 Å². The average Bonchev–Trinajstić information content (AvgIpc) is 2.36. The van der Waals surface area contributed by atoms with Gasteiger partial charge in [-0.2, -0.15) is 0 Å². The molecule has 1 saturated carbocycles. The minimum atomic E-state index is -0.0229. The van der Waals surface area contributed by atoms with Crippen molar-refractivity contribution in [1.29, 1.82) is 0 Å². The maximum absolute atomic E-state index is 12.0. The number of rotatable bonds is 5. The van der Waals surface area contributed by atoms with Gasteiger partial charge in [-0.05, 0) is 37.5 Å². The minimum absolute atomic E-state index is 0.0229. The zero-order valence-corrected chi connectivity index (χ0v) is 10.7. The topological polar surface area (TPSA) is 64.3 Å². The molecule has 4 nitrogen and oxygen atoms in total. The average molecular weight is 248 g/mol. The molecule has 1 aromatic rings.